The van der Waals surface area contributed by atoms with Gasteiger partial charge in [-0.05, 0) is 18.6 Å². The quantitative estimate of drug-likeness (QED) is 0.468. The van der Waals surface area contributed by atoms with Crippen molar-refractivity contribution in [3.05, 3.63) is 29.3 Å². The summed E-state index contributed by atoms with van der Waals surface area (Å²) >= 11 is 0. The molecule has 0 heterocycles. The highest BCUT2D eigenvalue weighted by Gasteiger charge is 2.09. The van der Waals surface area contributed by atoms with E-state index in [1.807, 2.05) is 0 Å². The number of hydrogen-bond donors (Lipinski definition) is 0. The standard InChI is InChI=1S/C8H5F2NO/c1-5-2-3-6(9)8(7(5)10)11-4-12/h2-3H,1H3. The predicted octanol–water partition coefficient (Wildman–Crippen LogP) is 2.24. The molecule has 0 spiro atoms. The fourth-order valence-electron chi connectivity index (χ4n) is 0.790. The average molecular weight is 169 g/mol. The van der Waals surface area contributed by atoms with Gasteiger partial charge in [0.05, 0.1) is 0 Å². The third-order valence-corrected chi connectivity index (χ3v) is 1.42. The number of halogens is 2. The molecular formula is C8H5F2NO. The molecule has 0 aliphatic carbocycles. The Hall–Kier alpha value is -1.54. The average Bonchev–Trinajstić information content (AvgIpc) is 2.06. The molecule has 1 rings (SSSR count). The number of rotatable bonds is 1. The summed E-state index contributed by atoms with van der Waals surface area (Å²) in [5.41, 5.74) is -0.338. The zero-order valence-electron chi connectivity index (χ0n) is 6.27. The van der Waals surface area contributed by atoms with Crippen molar-refractivity contribution in [3.8, 4) is 0 Å². The van der Waals surface area contributed by atoms with Gasteiger partial charge < -0.3 is 0 Å². The normalized spacial score (nSPS) is 9.25. The van der Waals surface area contributed by atoms with Crippen LogP contribution in [0.3, 0.4) is 0 Å². The molecule has 1 aromatic rings. The van der Waals surface area contributed by atoms with Crippen molar-refractivity contribution >= 4 is 11.8 Å². The number of aliphatic imine (C=N–C) groups is 1. The van der Waals surface area contributed by atoms with Gasteiger partial charge in [-0.2, -0.15) is 4.99 Å². The third-order valence-electron chi connectivity index (χ3n) is 1.42. The third kappa shape index (κ3) is 1.38. The summed E-state index contributed by atoms with van der Waals surface area (Å²) in [6.45, 7) is 1.46. The topological polar surface area (TPSA) is 29.4 Å². The number of aryl methyl sites for hydroxylation is 1. The van der Waals surface area contributed by atoms with Gasteiger partial charge in [0, 0.05) is 0 Å². The fourth-order valence-corrected chi connectivity index (χ4v) is 0.790. The zero-order chi connectivity index (χ0) is 9.14. The summed E-state index contributed by atoms with van der Waals surface area (Å²) in [6, 6.07) is 2.32. The molecule has 2 nitrogen and oxygen atoms in total. The first-order chi connectivity index (χ1) is 5.66. The Labute approximate surface area is 67.5 Å². The number of nitrogens with zero attached hydrogens (tertiary/aromatic N) is 1. The number of carbonyl (C=O) groups excluding carboxylic acids is 1. The van der Waals surface area contributed by atoms with Crippen LogP contribution >= 0.6 is 0 Å². The van der Waals surface area contributed by atoms with Crippen LogP contribution in [0.2, 0.25) is 0 Å². The summed E-state index contributed by atoms with van der Waals surface area (Å²) in [4.78, 5) is 12.7. The molecule has 1 aromatic carbocycles. The second-order valence-electron chi connectivity index (χ2n) is 2.23. The molecule has 0 aliphatic rings. The SMILES string of the molecule is Cc1ccc(F)c(N=C=O)c1F. The highest BCUT2D eigenvalue weighted by molar-refractivity contribution is 5.51. The Morgan fingerprint density at radius 2 is 2.08 bits per heavy atom. The van der Waals surface area contributed by atoms with Crippen molar-refractivity contribution < 1.29 is 13.6 Å². The zero-order valence-corrected chi connectivity index (χ0v) is 6.27. The summed E-state index contributed by atoms with van der Waals surface area (Å²) in [7, 11) is 0. The van der Waals surface area contributed by atoms with Crippen molar-refractivity contribution in [2.75, 3.05) is 0 Å². The van der Waals surface area contributed by atoms with E-state index in [2.05, 4.69) is 4.99 Å². The molecule has 4 heteroatoms. The van der Waals surface area contributed by atoms with Crippen LogP contribution in [0.1, 0.15) is 5.56 Å². The molecule has 0 saturated carbocycles. The Morgan fingerprint density at radius 1 is 1.42 bits per heavy atom. The van der Waals surface area contributed by atoms with E-state index in [-0.39, 0.29) is 5.56 Å². The van der Waals surface area contributed by atoms with E-state index in [0.29, 0.717) is 0 Å². The minimum Gasteiger partial charge on any atom is -0.211 e. The lowest BCUT2D eigenvalue weighted by Gasteiger charge is -1.98. The van der Waals surface area contributed by atoms with E-state index in [1.165, 1.54) is 13.0 Å². The van der Waals surface area contributed by atoms with Crippen LogP contribution in [0, 0.1) is 18.6 Å². The molecule has 0 atom stereocenters. The van der Waals surface area contributed by atoms with Gasteiger partial charge in [-0.1, -0.05) is 6.07 Å². The van der Waals surface area contributed by atoms with E-state index < -0.39 is 17.3 Å². The fraction of sp³-hybridized carbons (Fsp3) is 0.125. The van der Waals surface area contributed by atoms with Gasteiger partial charge in [-0.15, -0.1) is 0 Å². The van der Waals surface area contributed by atoms with E-state index in [9.17, 15) is 13.6 Å². The highest BCUT2D eigenvalue weighted by Crippen LogP contribution is 2.23. The van der Waals surface area contributed by atoms with E-state index >= 15 is 0 Å². The van der Waals surface area contributed by atoms with Crippen LogP contribution in [0.4, 0.5) is 14.5 Å². The summed E-state index contributed by atoms with van der Waals surface area (Å²) in [5, 5.41) is 0. The molecule has 0 saturated heterocycles. The number of benzene rings is 1. The molecule has 0 unspecified atom stereocenters. The lowest BCUT2D eigenvalue weighted by atomic mass is 10.2. The second kappa shape index (κ2) is 3.24. The van der Waals surface area contributed by atoms with Crippen molar-refractivity contribution in [2.24, 2.45) is 4.99 Å². The smallest absolute Gasteiger partial charge is 0.211 e. The summed E-state index contributed by atoms with van der Waals surface area (Å²) in [6.07, 6.45) is 1.09. The summed E-state index contributed by atoms with van der Waals surface area (Å²) < 4.78 is 25.6. The maximum absolute atomic E-state index is 12.9. The van der Waals surface area contributed by atoms with Crippen LogP contribution in [0.15, 0.2) is 17.1 Å². The minimum atomic E-state index is -0.860. The number of hydrogen-bond acceptors (Lipinski definition) is 2. The second-order valence-corrected chi connectivity index (χ2v) is 2.23. The molecular weight excluding hydrogens is 164 g/mol. The van der Waals surface area contributed by atoms with Crippen LogP contribution in [0.5, 0.6) is 0 Å². The minimum absolute atomic E-state index is 0.241. The monoisotopic (exact) mass is 169 g/mol. The molecule has 0 amide bonds. The Balaban J connectivity index is 3.42. The lowest BCUT2D eigenvalue weighted by molar-refractivity contribution is 0.559. The number of isocyanates is 1. The van der Waals surface area contributed by atoms with Crippen LogP contribution < -0.4 is 0 Å². The molecule has 0 aliphatic heterocycles. The van der Waals surface area contributed by atoms with E-state index in [4.69, 9.17) is 0 Å². The predicted molar refractivity (Wildman–Crippen MR) is 38.9 cm³/mol. The van der Waals surface area contributed by atoms with Gasteiger partial charge in [0.25, 0.3) is 0 Å². The van der Waals surface area contributed by atoms with E-state index in [1.54, 1.807) is 0 Å². The molecule has 0 radical (unpaired) electrons. The highest BCUT2D eigenvalue weighted by atomic mass is 19.1. The van der Waals surface area contributed by atoms with Crippen LogP contribution in [-0.4, -0.2) is 6.08 Å². The molecule has 62 valence electrons. The maximum atomic E-state index is 12.9. The van der Waals surface area contributed by atoms with Crippen molar-refractivity contribution in [1.82, 2.24) is 0 Å². The molecule has 12 heavy (non-hydrogen) atoms. The van der Waals surface area contributed by atoms with Gasteiger partial charge in [0.15, 0.2) is 11.6 Å². The molecule has 0 bridgehead atoms. The first-order valence-electron chi connectivity index (χ1n) is 3.19. The van der Waals surface area contributed by atoms with Crippen molar-refractivity contribution in [2.45, 2.75) is 6.92 Å². The molecule has 0 aromatic heterocycles. The largest absolute Gasteiger partial charge is 0.240 e. The Morgan fingerprint density at radius 3 is 2.67 bits per heavy atom. The maximum Gasteiger partial charge on any atom is 0.240 e. The van der Waals surface area contributed by atoms with Gasteiger partial charge in [0.2, 0.25) is 6.08 Å². The van der Waals surface area contributed by atoms with Gasteiger partial charge >= 0.3 is 0 Å². The van der Waals surface area contributed by atoms with E-state index in [0.717, 1.165) is 12.1 Å². The Kier molecular flexibility index (Phi) is 2.31. The van der Waals surface area contributed by atoms with Crippen LogP contribution in [0.25, 0.3) is 0 Å². The van der Waals surface area contributed by atoms with Crippen LogP contribution in [-0.2, 0) is 4.79 Å². The first-order valence-corrected chi connectivity index (χ1v) is 3.19. The lowest BCUT2D eigenvalue weighted by Crippen LogP contribution is -1.86. The Bertz CT molecular complexity index is 356. The molecule has 0 N–H and O–H groups in total. The molecule has 0 fully saturated rings. The van der Waals surface area contributed by atoms with Crippen molar-refractivity contribution in [1.29, 1.82) is 0 Å². The van der Waals surface area contributed by atoms with Gasteiger partial charge in [-0.25, -0.2) is 13.6 Å². The summed E-state index contributed by atoms with van der Waals surface area (Å²) in [5.74, 6) is -1.68. The van der Waals surface area contributed by atoms with Gasteiger partial charge in [0.1, 0.15) is 5.69 Å². The van der Waals surface area contributed by atoms with Gasteiger partial charge in [-0.3, -0.25) is 0 Å². The van der Waals surface area contributed by atoms with Crippen molar-refractivity contribution in [3.63, 3.8) is 0 Å². The first kappa shape index (κ1) is 8.56.